The number of ether oxygens (including phenoxy) is 1. The lowest BCUT2D eigenvalue weighted by molar-refractivity contribution is -0.192. The Morgan fingerprint density at radius 1 is 1.33 bits per heavy atom. The number of carboxylic acid groups (broad SMARTS) is 1. The third-order valence-electron chi connectivity index (χ3n) is 4.22. The van der Waals surface area contributed by atoms with Gasteiger partial charge in [0.2, 0.25) is 0 Å². The molecule has 2 aliphatic rings. The van der Waals surface area contributed by atoms with Crippen molar-refractivity contribution in [1.82, 2.24) is 20.3 Å². The zero-order chi connectivity index (χ0) is 20.2. The summed E-state index contributed by atoms with van der Waals surface area (Å²) in [6, 6.07) is 0.176. The van der Waals surface area contributed by atoms with Gasteiger partial charge in [-0.25, -0.2) is 9.48 Å². The Morgan fingerprint density at radius 3 is 2.48 bits per heavy atom. The Bertz CT molecular complexity index is 622. The number of aliphatic hydroxyl groups is 3. The van der Waals surface area contributed by atoms with E-state index >= 15 is 0 Å². The van der Waals surface area contributed by atoms with Crippen LogP contribution in [0.4, 0.5) is 13.2 Å². The molecule has 5 N–H and O–H groups in total. The second-order valence-corrected chi connectivity index (χ2v) is 6.16. The number of aliphatic hydroxyl groups excluding tert-OH is 3. The van der Waals surface area contributed by atoms with Crippen molar-refractivity contribution < 1.29 is 43.1 Å². The van der Waals surface area contributed by atoms with E-state index in [9.17, 15) is 23.4 Å². The fourth-order valence-corrected chi connectivity index (χ4v) is 2.78. The highest BCUT2D eigenvalue weighted by atomic mass is 19.4. The van der Waals surface area contributed by atoms with Crippen molar-refractivity contribution >= 4 is 5.97 Å². The molecule has 3 rings (SSSR count). The number of aromatic nitrogens is 3. The highest BCUT2D eigenvalue weighted by Crippen LogP contribution is 2.29. The van der Waals surface area contributed by atoms with E-state index in [-0.39, 0.29) is 12.6 Å². The molecule has 5 atom stereocenters. The van der Waals surface area contributed by atoms with Gasteiger partial charge in [-0.05, 0) is 19.4 Å². The summed E-state index contributed by atoms with van der Waals surface area (Å²) in [5, 5.41) is 47.3. The van der Waals surface area contributed by atoms with Crippen LogP contribution in [-0.2, 0) is 9.53 Å². The van der Waals surface area contributed by atoms with E-state index in [2.05, 4.69) is 15.6 Å². The Balaban J connectivity index is 0.000000321. The predicted molar refractivity (Wildman–Crippen MR) is 81.3 cm³/mol. The minimum absolute atomic E-state index is 0.176. The number of halogens is 3. The number of carboxylic acids is 1. The highest BCUT2D eigenvalue weighted by molar-refractivity contribution is 5.73. The van der Waals surface area contributed by atoms with E-state index in [1.54, 1.807) is 6.20 Å². The summed E-state index contributed by atoms with van der Waals surface area (Å²) >= 11 is 0. The first-order valence-corrected chi connectivity index (χ1v) is 8.22. The second-order valence-electron chi connectivity index (χ2n) is 6.16. The smallest absolute Gasteiger partial charge is 0.475 e. The summed E-state index contributed by atoms with van der Waals surface area (Å²) in [5.74, 6) is -2.76. The van der Waals surface area contributed by atoms with E-state index in [4.69, 9.17) is 19.7 Å². The Morgan fingerprint density at radius 2 is 2.00 bits per heavy atom. The zero-order valence-electron chi connectivity index (χ0n) is 14.1. The SMILES string of the molecule is O=C(O)C(F)(F)F.OC[C@H]1O[C@@H](n2cc(C3CCCCN3)nn2)[C@H](O)[C@@H]1O. The molecular formula is C14H21F3N4O6. The topological polar surface area (TPSA) is 150 Å². The molecule has 0 aliphatic carbocycles. The molecule has 0 radical (unpaired) electrons. The van der Waals surface area contributed by atoms with Gasteiger partial charge in [0.05, 0.1) is 24.5 Å². The summed E-state index contributed by atoms with van der Waals surface area (Å²) in [6.45, 7) is 0.617. The van der Waals surface area contributed by atoms with Gasteiger partial charge < -0.3 is 30.5 Å². The zero-order valence-corrected chi connectivity index (χ0v) is 14.1. The lowest BCUT2D eigenvalue weighted by Gasteiger charge is -2.21. The van der Waals surface area contributed by atoms with Gasteiger partial charge in [-0.1, -0.05) is 11.6 Å². The van der Waals surface area contributed by atoms with Crippen LogP contribution in [0.1, 0.15) is 37.2 Å². The van der Waals surface area contributed by atoms with E-state index in [1.807, 2.05) is 0 Å². The van der Waals surface area contributed by atoms with Crippen LogP contribution in [0.25, 0.3) is 0 Å². The van der Waals surface area contributed by atoms with Crippen LogP contribution < -0.4 is 5.32 Å². The molecule has 1 aromatic heterocycles. The van der Waals surface area contributed by atoms with Gasteiger partial charge >= 0.3 is 12.1 Å². The fourth-order valence-electron chi connectivity index (χ4n) is 2.78. The third kappa shape index (κ3) is 5.35. The molecule has 2 saturated heterocycles. The van der Waals surface area contributed by atoms with Gasteiger partial charge in [-0.2, -0.15) is 13.2 Å². The van der Waals surface area contributed by atoms with Crippen LogP contribution in [0.3, 0.4) is 0 Å². The molecule has 2 fully saturated rings. The molecule has 0 saturated carbocycles. The van der Waals surface area contributed by atoms with Crippen LogP contribution in [0.15, 0.2) is 6.20 Å². The van der Waals surface area contributed by atoms with E-state index in [0.717, 1.165) is 25.1 Å². The van der Waals surface area contributed by atoms with E-state index < -0.39 is 36.7 Å². The monoisotopic (exact) mass is 398 g/mol. The Hall–Kier alpha value is -1.80. The maximum atomic E-state index is 10.6. The van der Waals surface area contributed by atoms with Crippen LogP contribution in [-0.4, -0.2) is 79.0 Å². The van der Waals surface area contributed by atoms with Crippen molar-refractivity contribution in [1.29, 1.82) is 0 Å². The summed E-state index contributed by atoms with van der Waals surface area (Å²) in [7, 11) is 0. The fraction of sp³-hybridized carbons (Fsp3) is 0.786. The third-order valence-corrected chi connectivity index (χ3v) is 4.22. The highest BCUT2D eigenvalue weighted by Gasteiger charge is 2.44. The maximum Gasteiger partial charge on any atom is 0.490 e. The lowest BCUT2D eigenvalue weighted by atomic mass is 10.0. The molecule has 1 aromatic rings. The average molecular weight is 398 g/mol. The standard InChI is InChI=1S/C12H20N4O4.C2HF3O2/c17-6-9-10(18)11(19)12(20-9)16-5-8(14-15-16)7-3-1-2-4-13-7;3-2(4,5)1(6)7/h5,7,9-13,17-19H,1-4,6H2;(H,6,7)/t7?,9-,10-,11-,12-;/m1./s1. The van der Waals surface area contributed by atoms with Crippen molar-refractivity contribution in [2.45, 2.75) is 56.0 Å². The van der Waals surface area contributed by atoms with Crippen molar-refractivity contribution in [2.24, 2.45) is 0 Å². The number of hydrogen-bond acceptors (Lipinski definition) is 8. The average Bonchev–Trinajstić information content (AvgIpc) is 3.21. The van der Waals surface area contributed by atoms with Gasteiger partial charge in [-0.15, -0.1) is 5.10 Å². The summed E-state index contributed by atoms with van der Waals surface area (Å²) < 4.78 is 38.6. The Kier molecular flexibility index (Phi) is 7.11. The molecule has 0 amide bonds. The van der Waals surface area contributed by atoms with Crippen molar-refractivity contribution in [3.8, 4) is 0 Å². The van der Waals surface area contributed by atoms with Gasteiger partial charge in [0.25, 0.3) is 0 Å². The summed E-state index contributed by atoms with van der Waals surface area (Å²) in [6.07, 6.45) is -3.88. The van der Waals surface area contributed by atoms with Crippen molar-refractivity contribution in [3.05, 3.63) is 11.9 Å². The molecule has 2 aliphatic heterocycles. The van der Waals surface area contributed by atoms with Gasteiger partial charge in [0.15, 0.2) is 6.23 Å². The number of alkyl halides is 3. The molecular weight excluding hydrogens is 377 g/mol. The summed E-state index contributed by atoms with van der Waals surface area (Å²) in [4.78, 5) is 8.90. The molecule has 1 unspecified atom stereocenters. The number of rotatable bonds is 3. The largest absolute Gasteiger partial charge is 0.490 e. The molecule has 13 heteroatoms. The van der Waals surface area contributed by atoms with E-state index in [1.165, 1.54) is 11.1 Å². The minimum Gasteiger partial charge on any atom is -0.475 e. The summed E-state index contributed by atoms with van der Waals surface area (Å²) in [5.41, 5.74) is 0.808. The maximum absolute atomic E-state index is 10.6. The minimum atomic E-state index is -5.08. The molecule has 27 heavy (non-hydrogen) atoms. The quantitative estimate of drug-likeness (QED) is 0.447. The van der Waals surface area contributed by atoms with Crippen LogP contribution in [0.5, 0.6) is 0 Å². The van der Waals surface area contributed by atoms with Gasteiger partial charge in [0.1, 0.15) is 18.3 Å². The van der Waals surface area contributed by atoms with Crippen molar-refractivity contribution in [3.63, 3.8) is 0 Å². The van der Waals surface area contributed by atoms with Crippen molar-refractivity contribution in [2.75, 3.05) is 13.2 Å². The first-order valence-electron chi connectivity index (χ1n) is 8.22. The predicted octanol–water partition coefficient (Wildman–Crippen LogP) is -0.662. The first-order chi connectivity index (χ1) is 12.6. The lowest BCUT2D eigenvalue weighted by Crippen LogP contribution is -2.33. The molecule has 0 aromatic carbocycles. The Labute approximate surface area is 151 Å². The first kappa shape index (κ1) is 21.5. The number of carbonyl (C=O) groups is 1. The molecule has 154 valence electrons. The van der Waals surface area contributed by atoms with Crippen LogP contribution in [0, 0.1) is 0 Å². The van der Waals surface area contributed by atoms with Crippen LogP contribution in [0.2, 0.25) is 0 Å². The number of aliphatic carboxylic acids is 1. The van der Waals surface area contributed by atoms with Gasteiger partial charge in [-0.3, -0.25) is 0 Å². The second kappa shape index (κ2) is 8.93. The molecule has 3 heterocycles. The number of nitrogens with zero attached hydrogens (tertiary/aromatic N) is 3. The number of piperidine rings is 1. The molecule has 0 bridgehead atoms. The number of nitrogens with one attached hydrogen (secondary N) is 1. The van der Waals surface area contributed by atoms with Crippen LogP contribution >= 0.6 is 0 Å². The van der Waals surface area contributed by atoms with Gasteiger partial charge in [0, 0.05) is 0 Å². The number of hydrogen-bond donors (Lipinski definition) is 5. The molecule has 0 spiro atoms. The van der Waals surface area contributed by atoms with E-state index in [0.29, 0.717) is 0 Å². The molecule has 10 nitrogen and oxygen atoms in total. The normalized spacial score (nSPS) is 31.3.